The van der Waals surface area contributed by atoms with Gasteiger partial charge in [0.25, 0.3) is 0 Å². The van der Waals surface area contributed by atoms with Gasteiger partial charge in [0, 0.05) is 12.1 Å². The fraction of sp³-hybridized carbons (Fsp3) is 0.258. The van der Waals surface area contributed by atoms with Crippen LogP contribution in [-0.2, 0) is 27.8 Å². The number of carboxylic acids is 1. The fourth-order valence-electron chi connectivity index (χ4n) is 4.96. The van der Waals surface area contributed by atoms with Gasteiger partial charge in [-0.3, -0.25) is 4.79 Å². The van der Waals surface area contributed by atoms with E-state index in [1.807, 2.05) is 62.4 Å². The van der Waals surface area contributed by atoms with E-state index in [0.29, 0.717) is 23.5 Å². The van der Waals surface area contributed by atoms with Gasteiger partial charge >= 0.3 is 5.97 Å². The van der Waals surface area contributed by atoms with Crippen LogP contribution in [0.2, 0.25) is 0 Å². The molecule has 0 unspecified atom stereocenters. The molecule has 0 amide bonds. The summed E-state index contributed by atoms with van der Waals surface area (Å²) in [6.45, 7) is 3.13. The molecule has 202 valence electrons. The molecule has 4 aromatic carbocycles. The number of nitrogens with zero attached hydrogens (tertiary/aromatic N) is 1. The number of ether oxygens (including phenoxy) is 2. The molecule has 7 nitrogen and oxygen atoms in total. The van der Waals surface area contributed by atoms with Crippen molar-refractivity contribution in [3.63, 3.8) is 0 Å². The van der Waals surface area contributed by atoms with Gasteiger partial charge in [0.05, 0.1) is 12.0 Å². The molecule has 8 heteroatoms. The van der Waals surface area contributed by atoms with E-state index in [0.717, 1.165) is 38.2 Å². The normalized spacial score (nSPS) is 14.6. The molecule has 0 atom stereocenters. The predicted molar refractivity (Wildman–Crippen MR) is 151 cm³/mol. The smallest absolute Gasteiger partial charge is 0.318 e. The molecule has 39 heavy (non-hydrogen) atoms. The van der Waals surface area contributed by atoms with E-state index in [1.165, 1.54) is 13.2 Å². The van der Waals surface area contributed by atoms with E-state index < -0.39 is 22.5 Å². The number of hydrogen-bond acceptors (Lipinski definition) is 5. The molecule has 1 aliphatic rings. The molecule has 4 aromatic rings. The Morgan fingerprint density at radius 2 is 1.69 bits per heavy atom. The van der Waals surface area contributed by atoms with Crippen molar-refractivity contribution in [1.82, 2.24) is 4.31 Å². The number of aliphatic carboxylic acids is 1. The van der Waals surface area contributed by atoms with Crippen molar-refractivity contribution in [2.75, 3.05) is 13.7 Å². The Morgan fingerprint density at radius 3 is 2.44 bits per heavy atom. The van der Waals surface area contributed by atoms with Crippen molar-refractivity contribution in [2.45, 2.75) is 43.7 Å². The number of carbonyl (C=O) groups is 1. The number of rotatable bonds is 8. The van der Waals surface area contributed by atoms with Crippen molar-refractivity contribution in [2.24, 2.45) is 0 Å². The standard InChI is InChI=1S/C31H31NO6S/c1-31(2)15-14-25-18-27(11-13-29(25)38-31)39(35,36)32(20-30(33)34)19-26-17-24(10-12-28(26)37-3)23-9-8-21-6-4-5-7-22(21)16-23/h4-13,16-18H,14-15,19-20H2,1-3H3,(H,33,34). The van der Waals surface area contributed by atoms with Crippen LogP contribution in [0.15, 0.2) is 83.8 Å². The molecule has 0 saturated heterocycles. The lowest BCUT2D eigenvalue weighted by molar-refractivity contribution is -0.137. The molecule has 0 aromatic heterocycles. The van der Waals surface area contributed by atoms with Crippen molar-refractivity contribution in [3.8, 4) is 22.6 Å². The molecule has 0 aliphatic carbocycles. The highest BCUT2D eigenvalue weighted by Crippen LogP contribution is 2.36. The second-order valence-electron chi connectivity index (χ2n) is 10.4. The molecule has 0 saturated carbocycles. The molecule has 5 rings (SSSR count). The van der Waals surface area contributed by atoms with Crippen LogP contribution in [0.4, 0.5) is 0 Å². The van der Waals surface area contributed by atoms with E-state index in [1.54, 1.807) is 18.2 Å². The van der Waals surface area contributed by atoms with E-state index in [2.05, 4.69) is 6.07 Å². The van der Waals surface area contributed by atoms with Crippen molar-refractivity contribution in [3.05, 3.63) is 90.0 Å². The lowest BCUT2D eigenvalue weighted by Gasteiger charge is -2.33. The first-order chi connectivity index (χ1) is 18.6. The number of benzene rings is 4. The molecular weight excluding hydrogens is 514 g/mol. The molecule has 0 radical (unpaired) electrons. The van der Waals surface area contributed by atoms with Crippen LogP contribution in [0, 0.1) is 0 Å². The summed E-state index contributed by atoms with van der Waals surface area (Å²) < 4.78 is 40.1. The summed E-state index contributed by atoms with van der Waals surface area (Å²) in [5.41, 5.74) is 2.87. The summed E-state index contributed by atoms with van der Waals surface area (Å²) in [5, 5.41) is 11.8. The average Bonchev–Trinajstić information content (AvgIpc) is 2.91. The van der Waals surface area contributed by atoms with Crippen LogP contribution < -0.4 is 9.47 Å². The Labute approximate surface area is 228 Å². The first kappa shape index (κ1) is 26.7. The third-order valence-electron chi connectivity index (χ3n) is 7.07. The van der Waals surface area contributed by atoms with Gasteiger partial charge in [-0.1, -0.05) is 42.5 Å². The molecule has 1 aliphatic heterocycles. The largest absolute Gasteiger partial charge is 0.496 e. The van der Waals surface area contributed by atoms with Gasteiger partial charge in [-0.2, -0.15) is 4.31 Å². The number of hydrogen-bond donors (Lipinski definition) is 1. The van der Waals surface area contributed by atoms with Crippen LogP contribution in [0.25, 0.3) is 21.9 Å². The third kappa shape index (κ3) is 5.62. The van der Waals surface area contributed by atoms with Crippen molar-refractivity contribution >= 4 is 26.8 Å². The van der Waals surface area contributed by atoms with E-state index in [-0.39, 0.29) is 17.0 Å². The quantitative estimate of drug-likeness (QED) is 0.297. The number of fused-ring (bicyclic) bond motifs is 2. The average molecular weight is 546 g/mol. The highest BCUT2D eigenvalue weighted by atomic mass is 32.2. The summed E-state index contributed by atoms with van der Waals surface area (Å²) in [4.78, 5) is 11.8. The maximum absolute atomic E-state index is 13.8. The minimum atomic E-state index is -4.15. The van der Waals surface area contributed by atoms with Gasteiger partial charge < -0.3 is 14.6 Å². The minimum Gasteiger partial charge on any atom is -0.496 e. The molecule has 0 fully saturated rings. The summed E-state index contributed by atoms with van der Waals surface area (Å²) in [5.74, 6) is -0.114. The zero-order chi connectivity index (χ0) is 27.8. The van der Waals surface area contributed by atoms with Crippen LogP contribution in [0.1, 0.15) is 31.4 Å². The second kappa shape index (κ2) is 10.4. The van der Waals surface area contributed by atoms with E-state index in [9.17, 15) is 18.3 Å². The molecule has 0 bridgehead atoms. The molecule has 1 N–H and O–H groups in total. The van der Waals surface area contributed by atoms with E-state index in [4.69, 9.17) is 9.47 Å². The van der Waals surface area contributed by atoms with Gasteiger partial charge in [-0.05, 0) is 90.6 Å². The number of methoxy groups -OCH3 is 1. The van der Waals surface area contributed by atoms with Gasteiger partial charge in [0.15, 0.2) is 0 Å². The Kier molecular flexibility index (Phi) is 7.09. The summed E-state index contributed by atoms with van der Waals surface area (Å²) in [6.07, 6.45) is 1.42. The zero-order valence-electron chi connectivity index (χ0n) is 22.2. The van der Waals surface area contributed by atoms with Gasteiger partial charge in [-0.15, -0.1) is 0 Å². The van der Waals surface area contributed by atoms with Crippen LogP contribution in [0.5, 0.6) is 11.5 Å². The zero-order valence-corrected chi connectivity index (χ0v) is 23.0. The van der Waals surface area contributed by atoms with Gasteiger partial charge in [0.1, 0.15) is 23.6 Å². The Balaban J connectivity index is 1.51. The Hall–Kier alpha value is -3.88. The second-order valence-corrected chi connectivity index (χ2v) is 12.3. The Bertz CT molecular complexity index is 1660. The monoisotopic (exact) mass is 545 g/mol. The lowest BCUT2D eigenvalue weighted by Crippen LogP contribution is -2.36. The number of sulfonamides is 1. The van der Waals surface area contributed by atoms with Crippen molar-refractivity contribution < 1.29 is 27.8 Å². The fourth-order valence-corrected chi connectivity index (χ4v) is 6.38. The van der Waals surface area contributed by atoms with Crippen LogP contribution >= 0.6 is 0 Å². The molecule has 0 spiro atoms. The van der Waals surface area contributed by atoms with Crippen LogP contribution in [-0.4, -0.2) is 43.1 Å². The first-order valence-corrected chi connectivity index (χ1v) is 14.2. The van der Waals surface area contributed by atoms with Gasteiger partial charge in [-0.25, -0.2) is 8.42 Å². The topological polar surface area (TPSA) is 93.1 Å². The third-order valence-corrected chi connectivity index (χ3v) is 8.86. The Morgan fingerprint density at radius 1 is 0.974 bits per heavy atom. The number of aryl methyl sites for hydroxylation is 1. The van der Waals surface area contributed by atoms with Crippen LogP contribution in [0.3, 0.4) is 0 Å². The maximum atomic E-state index is 13.8. The SMILES string of the molecule is COc1ccc(-c2ccc3ccccc3c2)cc1CN(CC(=O)O)S(=O)(=O)c1ccc2c(c1)CCC(C)(C)O2. The van der Waals surface area contributed by atoms with Gasteiger partial charge in [0.2, 0.25) is 10.0 Å². The predicted octanol–water partition coefficient (Wildman–Crippen LogP) is 5.89. The summed E-state index contributed by atoms with van der Waals surface area (Å²) in [6, 6.07) is 24.4. The first-order valence-electron chi connectivity index (χ1n) is 12.8. The molecular formula is C31H31NO6S. The lowest BCUT2D eigenvalue weighted by atomic mass is 9.94. The highest BCUT2D eigenvalue weighted by Gasteiger charge is 2.31. The summed E-state index contributed by atoms with van der Waals surface area (Å²) >= 11 is 0. The number of carboxylic acid groups (broad SMARTS) is 1. The summed E-state index contributed by atoms with van der Waals surface area (Å²) in [7, 11) is -2.64. The minimum absolute atomic E-state index is 0.0375. The van der Waals surface area contributed by atoms with E-state index >= 15 is 0 Å². The van der Waals surface area contributed by atoms with Crippen molar-refractivity contribution in [1.29, 1.82) is 0 Å². The molecule has 1 heterocycles. The highest BCUT2D eigenvalue weighted by molar-refractivity contribution is 7.89. The maximum Gasteiger partial charge on any atom is 0.318 e.